The summed E-state index contributed by atoms with van der Waals surface area (Å²) in [5.41, 5.74) is 1.04. The van der Waals surface area contributed by atoms with E-state index in [1.165, 1.54) is 0 Å². The van der Waals surface area contributed by atoms with Gasteiger partial charge >= 0.3 is 5.97 Å². The lowest BCUT2D eigenvalue weighted by molar-refractivity contribution is -0.115. The molecule has 0 spiro atoms. The fourth-order valence-electron chi connectivity index (χ4n) is 2.13. The van der Waals surface area contributed by atoms with Gasteiger partial charge in [-0.15, -0.1) is 0 Å². The molecule has 0 bridgehead atoms. The molecule has 0 aromatic heterocycles. The van der Waals surface area contributed by atoms with Crippen LogP contribution in [0.25, 0.3) is 6.08 Å². The van der Waals surface area contributed by atoms with Crippen molar-refractivity contribution in [2.75, 3.05) is 7.11 Å². The van der Waals surface area contributed by atoms with E-state index in [1.54, 1.807) is 61.7 Å². The molecule has 2 amide bonds. The Kier molecular flexibility index (Phi) is 4.85. The van der Waals surface area contributed by atoms with Crippen LogP contribution in [0, 0.1) is 0 Å². The predicted octanol–water partition coefficient (Wildman–Crippen LogP) is 3.24. The first kappa shape index (κ1) is 16.8. The van der Waals surface area contributed by atoms with E-state index in [-0.39, 0.29) is 0 Å². The number of nitrogens with one attached hydrogen (secondary N) is 1. The normalized spacial score (nSPS) is 15.2. The van der Waals surface area contributed by atoms with Gasteiger partial charge in [-0.2, -0.15) is 0 Å². The highest BCUT2D eigenvalue weighted by Crippen LogP contribution is 2.26. The van der Waals surface area contributed by atoms with Crippen molar-refractivity contribution in [1.29, 1.82) is 0 Å². The van der Waals surface area contributed by atoms with Gasteiger partial charge in [-0.3, -0.25) is 14.9 Å². The Labute approximate surface area is 147 Å². The number of carbonyl (C=O) groups excluding carboxylic acids is 3. The molecule has 1 saturated heterocycles. The standard InChI is InChI=1S/C18H13NO5S/c1-23-13-7-5-12(6-8-13)17(21)24-14-4-2-3-11(9-14)10-15-16(20)19-18(22)25-15/h2-10H,1H3,(H,19,20,22)/b15-10-. The van der Waals surface area contributed by atoms with Gasteiger partial charge in [0, 0.05) is 0 Å². The number of thioether (sulfide) groups is 1. The summed E-state index contributed by atoms with van der Waals surface area (Å²) in [6.07, 6.45) is 1.57. The number of carbonyl (C=O) groups is 3. The molecular formula is C18H13NO5S. The zero-order valence-electron chi connectivity index (χ0n) is 13.1. The van der Waals surface area contributed by atoms with Crippen LogP contribution in [0.5, 0.6) is 11.5 Å². The second-order valence-electron chi connectivity index (χ2n) is 5.04. The van der Waals surface area contributed by atoms with Crippen molar-refractivity contribution in [3.63, 3.8) is 0 Å². The minimum atomic E-state index is -0.504. The summed E-state index contributed by atoms with van der Waals surface area (Å²) >= 11 is 0.831. The van der Waals surface area contributed by atoms with Gasteiger partial charge in [-0.1, -0.05) is 12.1 Å². The van der Waals surface area contributed by atoms with E-state index in [9.17, 15) is 14.4 Å². The lowest BCUT2D eigenvalue weighted by Crippen LogP contribution is -2.17. The second kappa shape index (κ2) is 7.23. The average molecular weight is 355 g/mol. The highest BCUT2D eigenvalue weighted by Gasteiger charge is 2.24. The van der Waals surface area contributed by atoms with Crippen molar-refractivity contribution < 1.29 is 23.9 Å². The lowest BCUT2D eigenvalue weighted by atomic mass is 10.2. The van der Waals surface area contributed by atoms with Gasteiger partial charge in [0.15, 0.2) is 0 Å². The number of benzene rings is 2. The van der Waals surface area contributed by atoms with Crippen LogP contribution in [-0.2, 0) is 4.79 Å². The summed E-state index contributed by atoms with van der Waals surface area (Å²) in [6.45, 7) is 0. The molecular weight excluding hydrogens is 342 g/mol. The number of hydrogen-bond donors (Lipinski definition) is 1. The Morgan fingerprint density at radius 3 is 2.48 bits per heavy atom. The molecule has 25 heavy (non-hydrogen) atoms. The fourth-order valence-corrected chi connectivity index (χ4v) is 2.82. The lowest BCUT2D eigenvalue weighted by Gasteiger charge is -2.06. The second-order valence-corrected chi connectivity index (χ2v) is 6.06. The van der Waals surface area contributed by atoms with Crippen molar-refractivity contribution in [2.24, 2.45) is 0 Å². The van der Waals surface area contributed by atoms with Crippen LogP contribution in [-0.4, -0.2) is 24.2 Å². The monoisotopic (exact) mass is 355 g/mol. The van der Waals surface area contributed by atoms with Crippen LogP contribution in [0.4, 0.5) is 4.79 Å². The first-order valence-corrected chi connectivity index (χ1v) is 8.08. The molecule has 126 valence electrons. The van der Waals surface area contributed by atoms with E-state index in [1.807, 2.05) is 0 Å². The van der Waals surface area contributed by atoms with E-state index in [4.69, 9.17) is 9.47 Å². The SMILES string of the molecule is COc1ccc(C(=O)Oc2cccc(/C=C3\SC(=O)NC3=O)c2)cc1. The molecule has 2 aromatic carbocycles. The molecule has 2 aromatic rings. The zero-order chi connectivity index (χ0) is 17.8. The van der Waals surface area contributed by atoms with Crippen LogP contribution < -0.4 is 14.8 Å². The van der Waals surface area contributed by atoms with Crippen molar-refractivity contribution >= 4 is 35.0 Å². The van der Waals surface area contributed by atoms with Gasteiger partial charge in [0.1, 0.15) is 11.5 Å². The molecule has 1 fully saturated rings. The summed E-state index contributed by atoms with van der Waals surface area (Å²) in [5.74, 6) is 0.0446. The third-order valence-electron chi connectivity index (χ3n) is 3.33. The van der Waals surface area contributed by atoms with Gasteiger partial charge < -0.3 is 9.47 Å². The summed E-state index contributed by atoms with van der Waals surface area (Å²) in [5, 5.41) is 1.78. The Balaban J connectivity index is 1.75. The minimum absolute atomic E-state index is 0.295. The van der Waals surface area contributed by atoms with E-state index < -0.39 is 17.1 Å². The van der Waals surface area contributed by atoms with E-state index in [0.717, 1.165) is 11.8 Å². The van der Waals surface area contributed by atoms with Crippen LogP contribution in [0.15, 0.2) is 53.4 Å². The van der Waals surface area contributed by atoms with Gasteiger partial charge in [0.2, 0.25) is 0 Å². The van der Waals surface area contributed by atoms with Crippen molar-refractivity contribution in [3.05, 3.63) is 64.6 Å². The number of hydrogen-bond acceptors (Lipinski definition) is 6. The molecule has 3 rings (SSSR count). The molecule has 0 atom stereocenters. The fraction of sp³-hybridized carbons (Fsp3) is 0.0556. The predicted molar refractivity (Wildman–Crippen MR) is 93.5 cm³/mol. The van der Waals surface area contributed by atoms with E-state index >= 15 is 0 Å². The Morgan fingerprint density at radius 1 is 1.08 bits per heavy atom. The van der Waals surface area contributed by atoms with E-state index in [0.29, 0.717) is 27.5 Å². The van der Waals surface area contributed by atoms with Crippen LogP contribution >= 0.6 is 11.8 Å². The van der Waals surface area contributed by atoms with Gasteiger partial charge in [0.05, 0.1) is 17.6 Å². The molecule has 0 aliphatic carbocycles. The van der Waals surface area contributed by atoms with E-state index in [2.05, 4.69) is 5.32 Å². The Morgan fingerprint density at radius 2 is 1.84 bits per heavy atom. The number of esters is 1. The number of methoxy groups -OCH3 is 1. The first-order chi connectivity index (χ1) is 12.0. The molecule has 1 aliphatic rings. The third-order valence-corrected chi connectivity index (χ3v) is 4.14. The molecule has 0 radical (unpaired) electrons. The molecule has 7 heteroatoms. The first-order valence-electron chi connectivity index (χ1n) is 7.26. The van der Waals surface area contributed by atoms with Crippen LogP contribution in [0.2, 0.25) is 0 Å². The third kappa shape index (κ3) is 4.07. The smallest absolute Gasteiger partial charge is 0.343 e. The maximum absolute atomic E-state index is 12.2. The average Bonchev–Trinajstić information content (AvgIpc) is 2.92. The summed E-state index contributed by atoms with van der Waals surface area (Å²) < 4.78 is 10.4. The highest BCUT2D eigenvalue weighted by atomic mass is 32.2. The van der Waals surface area contributed by atoms with Crippen LogP contribution in [0.3, 0.4) is 0 Å². The number of amides is 2. The Bertz CT molecular complexity index is 873. The summed E-state index contributed by atoms with van der Waals surface area (Å²) in [4.78, 5) is 35.2. The number of ether oxygens (including phenoxy) is 2. The zero-order valence-corrected chi connectivity index (χ0v) is 14.0. The Hall–Kier alpha value is -3.06. The maximum Gasteiger partial charge on any atom is 0.343 e. The quantitative estimate of drug-likeness (QED) is 0.515. The van der Waals surface area contributed by atoms with Crippen molar-refractivity contribution in [2.45, 2.75) is 0 Å². The highest BCUT2D eigenvalue weighted by molar-refractivity contribution is 8.18. The largest absolute Gasteiger partial charge is 0.497 e. The van der Waals surface area contributed by atoms with Gasteiger partial charge in [0.25, 0.3) is 11.1 Å². The molecule has 6 nitrogen and oxygen atoms in total. The molecule has 1 N–H and O–H groups in total. The van der Waals surface area contributed by atoms with Crippen molar-refractivity contribution in [3.8, 4) is 11.5 Å². The molecule has 1 heterocycles. The topological polar surface area (TPSA) is 81.7 Å². The molecule has 0 saturated carbocycles. The van der Waals surface area contributed by atoms with Crippen LogP contribution in [0.1, 0.15) is 15.9 Å². The number of rotatable bonds is 4. The van der Waals surface area contributed by atoms with Gasteiger partial charge in [-0.25, -0.2) is 4.79 Å². The summed E-state index contributed by atoms with van der Waals surface area (Å²) in [7, 11) is 1.55. The minimum Gasteiger partial charge on any atom is -0.497 e. The molecule has 0 unspecified atom stereocenters. The number of imide groups is 1. The summed E-state index contributed by atoms with van der Waals surface area (Å²) in [6, 6.07) is 13.3. The van der Waals surface area contributed by atoms with Crippen molar-refractivity contribution in [1.82, 2.24) is 5.32 Å². The maximum atomic E-state index is 12.2. The molecule has 1 aliphatic heterocycles. The van der Waals surface area contributed by atoms with Gasteiger partial charge in [-0.05, 0) is 59.8 Å².